The summed E-state index contributed by atoms with van der Waals surface area (Å²) in [5.41, 5.74) is 0. The Hall–Kier alpha value is -1.64. The first-order valence-corrected chi connectivity index (χ1v) is 8.55. The van der Waals surface area contributed by atoms with Crippen molar-refractivity contribution in [1.82, 2.24) is 0 Å². The maximum absolute atomic E-state index is 3.59. The third-order valence-electron chi connectivity index (χ3n) is 3.54. The van der Waals surface area contributed by atoms with Crippen LogP contribution in [0.2, 0.25) is 0 Å². The van der Waals surface area contributed by atoms with E-state index in [0.29, 0.717) is 0 Å². The van der Waals surface area contributed by atoms with E-state index >= 15 is 0 Å². The van der Waals surface area contributed by atoms with Crippen LogP contribution in [-0.2, 0) is 0 Å². The smallest absolute Gasteiger partial charge is 0.0612 e. The molecule has 0 spiro atoms. The van der Waals surface area contributed by atoms with Crippen LogP contribution in [0.3, 0.4) is 0 Å². The number of thiophene rings is 1. The quantitative estimate of drug-likeness (QED) is 0.347. The lowest BCUT2D eigenvalue weighted by Crippen LogP contribution is -1.70. The van der Waals surface area contributed by atoms with Crippen LogP contribution in [0.5, 0.6) is 0 Å². The molecule has 0 N–H and O–H groups in total. The van der Waals surface area contributed by atoms with E-state index in [9.17, 15) is 0 Å². The number of hydrogen-bond donors (Lipinski definition) is 0. The highest BCUT2D eigenvalue weighted by Gasteiger charge is 2.22. The number of hydrogen-bond acceptors (Lipinski definition) is 0. The van der Waals surface area contributed by atoms with E-state index < -0.39 is 0 Å². The van der Waals surface area contributed by atoms with Crippen molar-refractivity contribution >= 4 is 46.6 Å². The Morgan fingerprint density at radius 1 is 0.650 bits per heavy atom. The number of benzene rings is 3. The SMILES string of the molecule is Brc1cccc(-[s+]2c3ccccc3c3ccccc32)c1. The first kappa shape index (κ1) is 12.1. The van der Waals surface area contributed by atoms with Crippen molar-refractivity contribution < 1.29 is 0 Å². The summed E-state index contributed by atoms with van der Waals surface area (Å²) < 4.78 is 4.02. The van der Waals surface area contributed by atoms with E-state index in [-0.39, 0.29) is 10.5 Å². The average Bonchev–Trinajstić information content (AvgIpc) is 2.82. The van der Waals surface area contributed by atoms with Gasteiger partial charge in [-0.1, -0.05) is 46.3 Å². The van der Waals surface area contributed by atoms with Gasteiger partial charge >= 0.3 is 0 Å². The molecule has 20 heavy (non-hydrogen) atoms. The zero-order chi connectivity index (χ0) is 13.5. The maximum Gasteiger partial charge on any atom is 0.187 e. The molecule has 0 radical (unpaired) electrons. The molecule has 1 heterocycles. The van der Waals surface area contributed by atoms with Gasteiger partial charge in [-0.3, -0.25) is 0 Å². The van der Waals surface area contributed by atoms with Crippen LogP contribution in [0, 0.1) is 0 Å². The molecule has 0 aliphatic rings. The minimum absolute atomic E-state index is 0.0192. The fourth-order valence-corrected chi connectivity index (χ4v) is 5.68. The fraction of sp³-hybridized carbons (Fsp3) is 0. The van der Waals surface area contributed by atoms with Crippen LogP contribution in [-0.4, -0.2) is 0 Å². The van der Waals surface area contributed by atoms with Gasteiger partial charge in [-0.15, -0.1) is 0 Å². The van der Waals surface area contributed by atoms with Gasteiger partial charge in [-0.25, -0.2) is 0 Å². The second kappa shape index (κ2) is 4.72. The highest BCUT2D eigenvalue weighted by atomic mass is 79.9. The van der Waals surface area contributed by atoms with E-state index in [2.05, 4.69) is 88.7 Å². The van der Waals surface area contributed by atoms with Crippen molar-refractivity contribution in [1.29, 1.82) is 0 Å². The highest BCUT2D eigenvalue weighted by molar-refractivity contribution is 9.10. The van der Waals surface area contributed by atoms with E-state index in [1.54, 1.807) is 0 Å². The van der Waals surface area contributed by atoms with Gasteiger partial charge in [0.05, 0.1) is 0 Å². The molecular formula is C18H12BrS+. The van der Waals surface area contributed by atoms with Gasteiger partial charge in [0, 0.05) is 31.8 Å². The Bertz CT molecular complexity index is 868. The van der Waals surface area contributed by atoms with E-state index in [1.807, 2.05) is 0 Å². The topological polar surface area (TPSA) is 0 Å². The van der Waals surface area contributed by atoms with Crippen LogP contribution in [0.15, 0.2) is 77.3 Å². The molecule has 0 atom stereocenters. The first-order chi connectivity index (χ1) is 9.84. The fourth-order valence-electron chi connectivity index (χ4n) is 2.70. The predicted molar refractivity (Wildman–Crippen MR) is 93.0 cm³/mol. The minimum Gasteiger partial charge on any atom is -0.0612 e. The van der Waals surface area contributed by atoms with Gasteiger partial charge in [-0.05, 0) is 36.4 Å². The Morgan fingerprint density at radius 3 is 1.85 bits per heavy atom. The molecule has 1 aromatic heterocycles. The van der Waals surface area contributed by atoms with Crippen molar-refractivity contribution in [3.8, 4) is 4.90 Å². The zero-order valence-corrected chi connectivity index (χ0v) is 13.1. The molecule has 0 aliphatic carbocycles. The molecule has 0 bridgehead atoms. The summed E-state index contributed by atoms with van der Waals surface area (Å²) in [4.78, 5) is 1.37. The van der Waals surface area contributed by atoms with Gasteiger partial charge in [0.1, 0.15) is 0 Å². The molecule has 4 rings (SSSR count). The van der Waals surface area contributed by atoms with Crippen molar-refractivity contribution in [2.24, 2.45) is 0 Å². The second-order valence-electron chi connectivity index (χ2n) is 4.76. The minimum atomic E-state index is 0.0192. The van der Waals surface area contributed by atoms with Crippen LogP contribution in [0.1, 0.15) is 0 Å². The second-order valence-corrected chi connectivity index (χ2v) is 7.63. The van der Waals surface area contributed by atoms with Crippen molar-refractivity contribution in [3.05, 3.63) is 77.3 Å². The molecule has 0 amide bonds. The van der Waals surface area contributed by atoms with Crippen molar-refractivity contribution in [3.63, 3.8) is 0 Å². The van der Waals surface area contributed by atoms with Crippen molar-refractivity contribution in [2.45, 2.75) is 0 Å². The highest BCUT2D eigenvalue weighted by Crippen LogP contribution is 2.48. The molecule has 2 heteroatoms. The molecule has 3 aromatic carbocycles. The monoisotopic (exact) mass is 339 g/mol. The summed E-state index contributed by atoms with van der Waals surface area (Å²) in [5.74, 6) is 0. The van der Waals surface area contributed by atoms with Gasteiger partial charge in [-0.2, -0.15) is 0 Å². The normalized spacial score (nSPS) is 11.2. The Labute approximate surface area is 128 Å². The van der Waals surface area contributed by atoms with E-state index in [4.69, 9.17) is 0 Å². The van der Waals surface area contributed by atoms with Crippen LogP contribution >= 0.6 is 26.4 Å². The zero-order valence-electron chi connectivity index (χ0n) is 10.7. The molecule has 0 saturated heterocycles. The third kappa shape index (κ3) is 1.80. The number of halogens is 1. The number of fused-ring (bicyclic) bond motifs is 3. The Kier molecular flexibility index (Phi) is 2.86. The van der Waals surface area contributed by atoms with Crippen LogP contribution in [0.4, 0.5) is 0 Å². The van der Waals surface area contributed by atoms with Gasteiger partial charge in [0.2, 0.25) is 0 Å². The van der Waals surface area contributed by atoms with Crippen LogP contribution in [0.25, 0.3) is 25.1 Å². The summed E-state index contributed by atoms with van der Waals surface area (Å²) in [6.45, 7) is 0. The molecule has 0 unspecified atom stereocenters. The molecule has 0 nitrogen and oxygen atoms in total. The molecule has 0 saturated carbocycles. The summed E-state index contributed by atoms with van der Waals surface area (Å²) in [7, 11) is 0.0192. The number of rotatable bonds is 1. The molecule has 0 aliphatic heterocycles. The largest absolute Gasteiger partial charge is 0.187 e. The lowest BCUT2D eigenvalue weighted by Gasteiger charge is -1.94. The average molecular weight is 340 g/mol. The van der Waals surface area contributed by atoms with Crippen molar-refractivity contribution in [2.75, 3.05) is 0 Å². The Morgan fingerprint density at radius 2 is 1.25 bits per heavy atom. The summed E-state index contributed by atoms with van der Waals surface area (Å²) >= 11 is 3.59. The summed E-state index contributed by atoms with van der Waals surface area (Å²) in [6.07, 6.45) is 0. The molecule has 4 aromatic rings. The van der Waals surface area contributed by atoms with Gasteiger partial charge in [0.25, 0.3) is 0 Å². The predicted octanol–water partition coefficient (Wildman–Crippen LogP) is 6.49. The van der Waals surface area contributed by atoms with E-state index in [0.717, 1.165) is 4.47 Å². The molecule has 0 fully saturated rings. The molecular weight excluding hydrogens is 328 g/mol. The maximum atomic E-state index is 3.59. The van der Waals surface area contributed by atoms with E-state index in [1.165, 1.54) is 25.1 Å². The standard InChI is InChI=1S/C18H12BrS/c19-13-6-5-7-14(12-13)20-17-10-3-1-8-15(17)16-9-2-4-11-18(16)20/h1-12H/q+1. The lowest BCUT2D eigenvalue weighted by molar-refractivity contribution is 1.69. The van der Waals surface area contributed by atoms with Gasteiger partial charge < -0.3 is 0 Å². The first-order valence-electron chi connectivity index (χ1n) is 6.53. The van der Waals surface area contributed by atoms with Crippen LogP contribution < -0.4 is 0 Å². The molecule has 96 valence electrons. The Balaban J connectivity index is 2.21. The summed E-state index contributed by atoms with van der Waals surface area (Å²) in [5, 5.41) is 2.76. The van der Waals surface area contributed by atoms with Gasteiger partial charge in [0.15, 0.2) is 14.3 Å². The third-order valence-corrected chi connectivity index (χ3v) is 6.35. The summed E-state index contributed by atoms with van der Waals surface area (Å²) in [6, 6.07) is 26.2. The lowest BCUT2D eigenvalue weighted by atomic mass is 10.2.